The van der Waals surface area contributed by atoms with Gasteiger partial charge in [-0.3, -0.25) is 4.79 Å². The van der Waals surface area contributed by atoms with E-state index in [4.69, 9.17) is 5.14 Å². The fourth-order valence-corrected chi connectivity index (χ4v) is 4.40. The van der Waals surface area contributed by atoms with Crippen molar-refractivity contribution in [2.24, 2.45) is 5.14 Å². The summed E-state index contributed by atoms with van der Waals surface area (Å²) in [4.78, 5) is 15.0. The number of carbonyl (C=O) groups is 1. The Labute approximate surface area is 137 Å². The van der Waals surface area contributed by atoms with Crippen molar-refractivity contribution in [2.75, 3.05) is 6.54 Å². The van der Waals surface area contributed by atoms with Crippen molar-refractivity contribution in [1.29, 1.82) is 0 Å². The SMILES string of the molecule is C[C@@H]1c2ccsc2CCN1C(=O)c1ccc(F)c(S(N)(=O)=O)c1. The van der Waals surface area contributed by atoms with Crippen molar-refractivity contribution in [3.05, 3.63) is 51.5 Å². The quantitative estimate of drug-likeness (QED) is 0.898. The second kappa shape index (κ2) is 5.70. The van der Waals surface area contributed by atoms with E-state index in [2.05, 4.69) is 0 Å². The minimum absolute atomic E-state index is 0.111. The second-order valence-electron chi connectivity index (χ2n) is 5.41. The molecule has 2 N–H and O–H groups in total. The first-order valence-electron chi connectivity index (χ1n) is 6.98. The third kappa shape index (κ3) is 2.89. The average molecular weight is 354 g/mol. The Morgan fingerprint density at radius 1 is 1.39 bits per heavy atom. The summed E-state index contributed by atoms with van der Waals surface area (Å²) in [5, 5.41) is 6.98. The van der Waals surface area contributed by atoms with Crippen molar-refractivity contribution in [3.63, 3.8) is 0 Å². The lowest BCUT2D eigenvalue weighted by atomic mass is 10.0. The molecule has 23 heavy (non-hydrogen) atoms. The molecule has 3 rings (SSSR count). The lowest BCUT2D eigenvalue weighted by molar-refractivity contribution is 0.0679. The number of amides is 1. The van der Waals surface area contributed by atoms with E-state index in [1.807, 2.05) is 18.4 Å². The molecule has 2 heterocycles. The van der Waals surface area contributed by atoms with Gasteiger partial charge in [-0.25, -0.2) is 17.9 Å². The van der Waals surface area contributed by atoms with E-state index in [0.717, 1.165) is 24.1 Å². The van der Waals surface area contributed by atoms with Gasteiger partial charge < -0.3 is 4.90 Å². The zero-order valence-corrected chi connectivity index (χ0v) is 14.0. The Morgan fingerprint density at radius 2 is 2.13 bits per heavy atom. The van der Waals surface area contributed by atoms with E-state index in [1.165, 1.54) is 10.9 Å². The number of primary sulfonamides is 1. The fourth-order valence-electron chi connectivity index (χ4n) is 2.81. The van der Waals surface area contributed by atoms with E-state index >= 15 is 0 Å². The van der Waals surface area contributed by atoms with E-state index in [-0.39, 0.29) is 17.5 Å². The first-order chi connectivity index (χ1) is 10.8. The molecule has 1 aromatic heterocycles. The van der Waals surface area contributed by atoms with Crippen LogP contribution >= 0.6 is 11.3 Å². The highest BCUT2D eigenvalue weighted by molar-refractivity contribution is 7.89. The summed E-state index contributed by atoms with van der Waals surface area (Å²) < 4.78 is 36.4. The van der Waals surface area contributed by atoms with Crippen LogP contribution in [0.5, 0.6) is 0 Å². The zero-order chi connectivity index (χ0) is 16.8. The summed E-state index contributed by atoms with van der Waals surface area (Å²) in [6.07, 6.45) is 0.756. The number of fused-ring (bicyclic) bond motifs is 1. The number of nitrogens with zero attached hydrogens (tertiary/aromatic N) is 1. The maximum Gasteiger partial charge on any atom is 0.254 e. The van der Waals surface area contributed by atoms with Crippen molar-refractivity contribution >= 4 is 27.3 Å². The van der Waals surface area contributed by atoms with E-state index < -0.39 is 20.7 Å². The van der Waals surface area contributed by atoms with Gasteiger partial charge in [0.2, 0.25) is 10.0 Å². The molecule has 8 heteroatoms. The van der Waals surface area contributed by atoms with E-state index in [1.54, 1.807) is 16.2 Å². The van der Waals surface area contributed by atoms with Crippen LogP contribution in [0, 0.1) is 5.82 Å². The molecule has 0 aliphatic carbocycles. The first kappa shape index (κ1) is 16.1. The standard InChI is InChI=1S/C15H15FN2O3S2/c1-9-11-5-7-22-13(11)4-6-18(9)15(19)10-2-3-12(16)14(8-10)23(17,20)21/h2-3,5,7-9H,4,6H2,1H3,(H2,17,20,21)/t9-/m1/s1. The molecule has 1 aliphatic rings. The normalized spacial score (nSPS) is 17.9. The maximum atomic E-state index is 13.6. The molecule has 2 aromatic rings. The molecule has 0 radical (unpaired) electrons. The third-order valence-electron chi connectivity index (χ3n) is 4.02. The number of rotatable bonds is 2. The van der Waals surface area contributed by atoms with Gasteiger partial charge >= 0.3 is 0 Å². The number of sulfonamides is 1. The number of thiophene rings is 1. The minimum atomic E-state index is -4.22. The lowest BCUT2D eigenvalue weighted by Crippen LogP contribution is -2.38. The second-order valence-corrected chi connectivity index (χ2v) is 7.94. The molecule has 122 valence electrons. The molecule has 1 aromatic carbocycles. The largest absolute Gasteiger partial charge is 0.331 e. The van der Waals surface area contributed by atoms with Gasteiger partial charge in [-0.2, -0.15) is 0 Å². The Morgan fingerprint density at radius 3 is 2.83 bits per heavy atom. The van der Waals surface area contributed by atoms with Crippen LogP contribution in [-0.2, 0) is 16.4 Å². The van der Waals surface area contributed by atoms with Gasteiger partial charge in [0, 0.05) is 17.0 Å². The molecule has 0 unspecified atom stereocenters. The van der Waals surface area contributed by atoms with E-state index in [0.29, 0.717) is 6.54 Å². The van der Waals surface area contributed by atoms with Gasteiger partial charge in [0.15, 0.2) is 0 Å². The predicted molar refractivity (Wildman–Crippen MR) is 85.2 cm³/mol. The minimum Gasteiger partial charge on any atom is -0.331 e. The molecule has 0 saturated carbocycles. The molecule has 0 fully saturated rings. The predicted octanol–water partition coefficient (Wildman–Crippen LogP) is 2.29. The van der Waals surface area contributed by atoms with Crippen LogP contribution in [0.25, 0.3) is 0 Å². The van der Waals surface area contributed by atoms with Crippen LogP contribution in [0.3, 0.4) is 0 Å². The Balaban J connectivity index is 1.96. The van der Waals surface area contributed by atoms with Crippen LogP contribution in [0.4, 0.5) is 4.39 Å². The third-order valence-corrected chi connectivity index (χ3v) is 5.95. The summed E-state index contributed by atoms with van der Waals surface area (Å²) >= 11 is 1.66. The molecule has 0 spiro atoms. The van der Waals surface area contributed by atoms with Crippen molar-refractivity contribution in [3.8, 4) is 0 Å². The molecule has 0 saturated heterocycles. The summed E-state index contributed by atoms with van der Waals surface area (Å²) in [6.45, 7) is 2.46. The highest BCUT2D eigenvalue weighted by Gasteiger charge is 2.29. The molecule has 1 aliphatic heterocycles. The van der Waals surface area contributed by atoms with Gasteiger partial charge in [0.1, 0.15) is 10.7 Å². The number of hydrogen-bond donors (Lipinski definition) is 1. The van der Waals surface area contributed by atoms with Gasteiger partial charge in [-0.1, -0.05) is 0 Å². The summed E-state index contributed by atoms with van der Waals surface area (Å²) in [5.74, 6) is -1.30. The summed E-state index contributed by atoms with van der Waals surface area (Å²) in [5.41, 5.74) is 1.21. The highest BCUT2D eigenvalue weighted by Crippen LogP contribution is 2.33. The number of nitrogens with two attached hydrogens (primary N) is 1. The lowest BCUT2D eigenvalue weighted by Gasteiger charge is -2.33. The van der Waals surface area contributed by atoms with Crippen LogP contribution in [0.1, 0.15) is 33.8 Å². The van der Waals surface area contributed by atoms with Crippen LogP contribution in [0.2, 0.25) is 0 Å². The van der Waals surface area contributed by atoms with Gasteiger partial charge in [0.05, 0.1) is 6.04 Å². The fraction of sp³-hybridized carbons (Fsp3) is 0.267. The average Bonchev–Trinajstić information content (AvgIpc) is 2.95. The Kier molecular flexibility index (Phi) is 3.99. The van der Waals surface area contributed by atoms with Crippen molar-refractivity contribution in [2.45, 2.75) is 24.3 Å². The molecule has 5 nitrogen and oxygen atoms in total. The number of halogens is 1. The molecular formula is C15H15FN2O3S2. The highest BCUT2D eigenvalue weighted by atomic mass is 32.2. The summed E-state index contributed by atoms with van der Waals surface area (Å²) in [7, 11) is -4.22. The Bertz CT molecular complexity index is 877. The molecule has 1 amide bonds. The monoisotopic (exact) mass is 354 g/mol. The molecule has 1 atom stereocenters. The molecule has 0 bridgehead atoms. The topological polar surface area (TPSA) is 80.5 Å². The van der Waals surface area contributed by atoms with Crippen LogP contribution in [0.15, 0.2) is 34.5 Å². The smallest absolute Gasteiger partial charge is 0.254 e. The van der Waals surface area contributed by atoms with Gasteiger partial charge in [-0.05, 0) is 48.6 Å². The Hall–Kier alpha value is -1.77. The molecular weight excluding hydrogens is 339 g/mol. The van der Waals surface area contributed by atoms with Gasteiger partial charge in [-0.15, -0.1) is 11.3 Å². The number of benzene rings is 1. The van der Waals surface area contributed by atoms with Crippen LogP contribution < -0.4 is 5.14 Å². The number of hydrogen-bond acceptors (Lipinski definition) is 4. The van der Waals surface area contributed by atoms with Crippen molar-refractivity contribution < 1.29 is 17.6 Å². The maximum absolute atomic E-state index is 13.6. The van der Waals surface area contributed by atoms with Gasteiger partial charge in [0.25, 0.3) is 5.91 Å². The first-order valence-corrected chi connectivity index (χ1v) is 9.41. The van der Waals surface area contributed by atoms with Crippen LogP contribution in [-0.4, -0.2) is 25.8 Å². The van der Waals surface area contributed by atoms with E-state index in [9.17, 15) is 17.6 Å². The summed E-state index contributed by atoms with van der Waals surface area (Å²) in [6, 6.07) is 5.12. The van der Waals surface area contributed by atoms with Crippen molar-refractivity contribution in [1.82, 2.24) is 4.90 Å². The zero-order valence-electron chi connectivity index (χ0n) is 12.3. The number of carbonyl (C=O) groups excluding carboxylic acids is 1.